The largest absolute Gasteiger partial charge is 0.508 e. The quantitative estimate of drug-likeness (QED) is 0.371. The van der Waals surface area contributed by atoms with Gasteiger partial charge in [-0.25, -0.2) is 4.79 Å². The molecule has 38 heavy (non-hydrogen) atoms. The molecule has 10 nitrogen and oxygen atoms in total. The molecular weight excluding hydrogens is 488 g/mol. The first-order valence-electron chi connectivity index (χ1n) is 12.5. The number of hydrogen-bond donors (Lipinski definition) is 4. The van der Waals surface area contributed by atoms with Crippen molar-refractivity contribution in [3.8, 4) is 5.75 Å². The molecule has 2 aromatic carbocycles. The van der Waals surface area contributed by atoms with Gasteiger partial charge in [-0.2, -0.15) is 0 Å². The van der Waals surface area contributed by atoms with Gasteiger partial charge in [0.15, 0.2) is 0 Å². The molecule has 10 heteroatoms. The summed E-state index contributed by atoms with van der Waals surface area (Å²) in [6, 6.07) is 9.35. The molecule has 0 aliphatic carbocycles. The summed E-state index contributed by atoms with van der Waals surface area (Å²) in [5, 5.41) is 15.4. The second-order valence-electron chi connectivity index (χ2n) is 10.2. The molecule has 2 unspecified atom stereocenters. The number of alkyl carbamates (subject to hydrolysis) is 1. The number of rotatable bonds is 10. The summed E-state index contributed by atoms with van der Waals surface area (Å²) in [5.41, 5.74) is 6.92. The third kappa shape index (κ3) is 8.50. The fraction of sp³-hybridized carbons (Fsp3) is 0.429. The van der Waals surface area contributed by atoms with Crippen molar-refractivity contribution in [3.63, 3.8) is 0 Å². The molecule has 0 heterocycles. The van der Waals surface area contributed by atoms with Crippen LogP contribution in [0.5, 0.6) is 5.75 Å². The van der Waals surface area contributed by atoms with Crippen molar-refractivity contribution < 1.29 is 29.0 Å². The fourth-order valence-electron chi connectivity index (χ4n) is 3.89. The number of aromatic hydroxyl groups is 1. The lowest BCUT2D eigenvalue weighted by atomic mass is 9.99. The van der Waals surface area contributed by atoms with E-state index >= 15 is 0 Å². The SMILES string of the molecule is CCCN(C(=O)C(CC(N)=O)NC(=O)OC(C)(C)C)C(C(=O)Nc1ccccc1C)c1ccc(O)c(C)c1. The minimum Gasteiger partial charge on any atom is -0.508 e. The monoisotopic (exact) mass is 526 g/mol. The first-order valence-corrected chi connectivity index (χ1v) is 12.5. The lowest BCUT2D eigenvalue weighted by Gasteiger charge is -2.34. The molecule has 0 saturated heterocycles. The van der Waals surface area contributed by atoms with Crippen LogP contribution in [0.1, 0.15) is 63.3 Å². The van der Waals surface area contributed by atoms with Gasteiger partial charge in [-0.1, -0.05) is 31.2 Å². The minimum atomic E-state index is -1.36. The van der Waals surface area contributed by atoms with Crippen LogP contribution in [0.3, 0.4) is 0 Å². The molecule has 0 aliphatic heterocycles. The third-order valence-corrected chi connectivity index (χ3v) is 5.64. The third-order valence-electron chi connectivity index (χ3n) is 5.64. The highest BCUT2D eigenvalue weighted by molar-refractivity contribution is 6.00. The van der Waals surface area contributed by atoms with Gasteiger partial charge in [-0.3, -0.25) is 14.4 Å². The maximum absolute atomic E-state index is 13.9. The number of nitrogens with zero attached hydrogens (tertiary/aromatic N) is 1. The molecule has 0 aliphatic rings. The number of phenolic OH excluding ortho intramolecular Hbond substituents is 1. The van der Waals surface area contributed by atoms with Crippen molar-refractivity contribution in [2.24, 2.45) is 5.73 Å². The van der Waals surface area contributed by atoms with Crippen LogP contribution in [0.25, 0.3) is 0 Å². The second-order valence-corrected chi connectivity index (χ2v) is 10.2. The van der Waals surface area contributed by atoms with E-state index in [2.05, 4.69) is 10.6 Å². The number of carbonyl (C=O) groups is 4. The molecular formula is C28H38N4O6. The van der Waals surface area contributed by atoms with Crippen LogP contribution in [0, 0.1) is 13.8 Å². The highest BCUT2D eigenvalue weighted by atomic mass is 16.6. The zero-order chi connectivity index (χ0) is 28.6. The summed E-state index contributed by atoms with van der Waals surface area (Å²) in [5.74, 6) is -1.94. The Hall–Kier alpha value is -4.08. The lowest BCUT2D eigenvalue weighted by Crippen LogP contribution is -2.53. The average molecular weight is 527 g/mol. The Labute approximate surface area is 223 Å². The van der Waals surface area contributed by atoms with E-state index in [9.17, 15) is 24.3 Å². The maximum Gasteiger partial charge on any atom is 0.408 e. The lowest BCUT2D eigenvalue weighted by molar-refractivity contribution is -0.141. The Bertz CT molecular complexity index is 1170. The summed E-state index contributed by atoms with van der Waals surface area (Å²) in [6.07, 6.45) is -0.902. The van der Waals surface area contributed by atoms with Gasteiger partial charge in [0, 0.05) is 12.2 Å². The fourth-order valence-corrected chi connectivity index (χ4v) is 3.89. The summed E-state index contributed by atoms with van der Waals surface area (Å²) in [7, 11) is 0. The molecule has 2 atom stereocenters. The molecule has 5 N–H and O–H groups in total. The van der Waals surface area contributed by atoms with Crippen molar-refractivity contribution >= 4 is 29.5 Å². The highest BCUT2D eigenvalue weighted by Crippen LogP contribution is 2.29. The van der Waals surface area contributed by atoms with Crippen LogP contribution in [-0.2, 0) is 19.1 Å². The minimum absolute atomic E-state index is 0.0402. The molecule has 0 fully saturated rings. The average Bonchev–Trinajstić information content (AvgIpc) is 2.80. The predicted molar refractivity (Wildman–Crippen MR) is 144 cm³/mol. The number of primary amides is 1. The molecule has 0 spiro atoms. The Kier molecular flexibility index (Phi) is 10.3. The molecule has 4 amide bonds. The molecule has 0 saturated carbocycles. The number of ether oxygens (including phenoxy) is 1. The topological polar surface area (TPSA) is 151 Å². The van der Waals surface area contributed by atoms with Crippen LogP contribution in [0.2, 0.25) is 0 Å². The Morgan fingerprint density at radius 1 is 1.05 bits per heavy atom. The number of phenols is 1. The van der Waals surface area contributed by atoms with E-state index in [0.29, 0.717) is 23.2 Å². The van der Waals surface area contributed by atoms with Gasteiger partial charge in [0.05, 0.1) is 6.42 Å². The Morgan fingerprint density at radius 3 is 2.26 bits per heavy atom. The Balaban J connectivity index is 2.55. The van der Waals surface area contributed by atoms with Crippen LogP contribution in [0.4, 0.5) is 10.5 Å². The maximum atomic E-state index is 13.9. The van der Waals surface area contributed by atoms with Crippen LogP contribution < -0.4 is 16.4 Å². The first-order chi connectivity index (χ1) is 17.7. The number of benzene rings is 2. The van der Waals surface area contributed by atoms with E-state index in [0.717, 1.165) is 5.56 Å². The number of nitrogens with one attached hydrogen (secondary N) is 2. The normalized spacial score (nSPS) is 12.7. The van der Waals surface area contributed by atoms with E-state index < -0.39 is 47.9 Å². The highest BCUT2D eigenvalue weighted by Gasteiger charge is 2.37. The Morgan fingerprint density at radius 2 is 1.71 bits per heavy atom. The van der Waals surface area contributed by atoms with Gasteiger partial charge >= 0.3 is 6.09 Å². The summed E-state index contributed by atoms with van der Waals surface area (Å²) >= 11 is 0. The number of hydrogen-bond acceptors (Lipinski definition) is 6. The van der Waals surface area contributed by atoms with E-state index in [-0.39, 0.29) is 12.3 Å². The number of carbonyl (C=O) groups excluding carboxylic acids is 4. The van der Waals surface area contributed by atoms with Crippen molar-refractivity contribution in [1.29, 1.82) is 0 Å². The van der Waals surface area contributed by atoms with Gasteiger partial charge < -0.3 is 31.1 Å². The zero-order valence-electron chi connectivity index (χ0n) is 22.8. The van der Waals surface area contributed by atoms with Crippen LogP contribution >= 0.6 is 0 Å². The van der Waals surface area contributed by atoms with E-state index in [1.165, 1.54) is 11.0 Å². The number of anilines is 1. The zero-order valence-corrected chi connectivity index (χ0v) is 22.8. The van der Waals surface area contributed by atoms with Gasteiger partial charge in [0.25, 0.3) is 5.91 Å². The number of nitrogens with two attached hydrogens (primary N) is 1. The van der Waals surface area contributed by atoms with Gasteiger partial charge in [0.2, 0.25) is 11.8 Å². The molecule has 0 bridgehead atoms. The molecule has 0 aromatic heterocycles. The predicted octanol–water partition coefficient (Wildman–Crippen LogP) is 3.70. The van der Waals surface area contributed by atoms with Crippen LogP contribution in [-0.4, -0.2) is 52.0 Å². The molecule has 206 valence electrons. The first kappa shape index (κ1) is 30.1. The number of para-hydroxylation sites is 1. The second kappa shape index (κ2) is 12.9. The molecule has 0 radical (unpaired) electrons. The van der Waals surface area contributed by atoms with Gasteiger partial charge in [-0.15, -0.1) is 0 Å². The molecule has 2 rings (SSSR count). The number of amides is 4. The van der Waals surface area contributed by atoms with Gasteiger partial charge in [0.1, 0.15) is 23.4 Å². The van der Waals surface area contributed by atoms with Crippen molar-refractivity contribution in [3.05, 3.63) is 59.2 Å². The summed E-state index contributed by atoms with van der Waals surface area (Å²) in [4.78, 5) is 53.3. The summed E-state index contributed by atoms with van der Waals surface area (Å²) < 4.78 is 5.27. The van der Waals surface area contributed by atoms with Crippen molar-refractivity contribution in [2.45, 2.75) is 72.1 Å². The van der Waals surface area contributed by atoms with Crippen molar-refractivity contribution in [2.75, 3.05) is 11.9 Å². The smallest absolute Gasteiger partial charge is 0.408 e. The van der Waals surface area contributed by atoms with E-state index in [1.807, 2.05) is 26.0 Å². The van der Waals surface area contributed by atoms with E-state index in [4.69, 9.17) is 10.5 Å². The number of aryl methyl sites for hydroxylation is 2. The standard InChI is InChI=1S/C28H38N4O6/c1-7-14-32(26(36)21(16-23(29)34)31-27(37)38-28(4,5)6)24(19-12-13-22(33)18(3)15-19)25(35)30-20-11-9-8-10-17(20)2/h8-13,15,21,24,33H,7,14,16H2,1-6H3,(H2,29,34)(H,30,35)(H,31,37). The van der Waals surface area contributed by atoms with Crippen molar-refractivity contribution in [1.82, 2.24) is 10.2 Å². The molecule has 2 aromatic rings. The van der Waals surface area contributed by atoms with Gasteiger partial charge in [-0.05, 0) is 75.9 Å². The summed E-state index contributed by atoms with van der Waals surface area (Å²) in [6.45, 7) is 10.5. The van der Waals surface area contributed by atoms with Crippen LogP contribution in [0.15, 0.2) is 42.5 Å². The van der Waals surface area contributed by atoms with E-state index in [1.54, 1.807) is 52.0 Å².